The molecule has 0 aromatic heterocycles. The van der Waals surface area contributed by atoms with Gasteiger partial charge in [0.05, 0.1) is 6.10 Å². The second-order valence-corrected chi connectivity index (χ2v) is 4.88. The Labute approximate surface area is 121 Å². The first-order valence-electron chi connectivity index (χ1n) is 6.44. The summed E-state index contributed by atoms with van der Waals surface area (Å²) in [5, 5.41) is 38.1. The molecule has 1 aromatic carbocycles. The molecule has 1 amide bonds. The Morgan fingerprint density at radius 2 is 1.71 bits per heavy atom. The van der Waals surface area contributed by atoms with Crippen LogP contribution in [0.4, 0.5) is 0 Å². The normalized spacial score (nSPS) is 32.7. The van der Waals surface area contributed by atoms with Crippen LogP contribution in [0, 0.1) is 0 Å². The molecule has 1 aromatic rings. The van der Waals surface area contributed by atoms with E-state index in [2.05, 4.69) is 10.9 Å². The summed E-state index contributed by atoms with van der Waals surface area (Å²) in [7, 11) is 0. The summed E-state index contributed by atoms with van der Waals surface area (Å²) < 4.78 is 5.26. The number of hydrogen-bond acceptors (Lipinski definition) is 7. The van der Waals surface area contributed by atoms with Crippen molar-refractivity contribution < 1.29 is 30.0 Å². The van der Waals surface area contributed by atoms with Crippen LogP contribution < -0.4 is 10.9 Å². The zero-order valence-electron chi connectivity index (χ0n) is 11.3. The second-order valence-electron chi connectivity index (χ2n) is 4.88. The quantitative estimate of drug-likeness (QED) is 0.373. The lowest BCUT2D eigenvalue weighted by atomic mass is 9.99. The van der Waals surface area contributed by atoms with Gasteiger partial charge in [-0.2, -0.15) is 0 Å². The number of phenolic OH excluding ortho intramolecular Hbond substituents is 1. The molecule has 1 aliphatic rings. The molecule has 6 N–H and O–H groups in total. The maximum atomic E-state index is 11.8. The van der Waals surface area contributed by atoms with Gasteiger partial charge in [-0.3, -0.25) is 10.2 Å². The first-order valence-corrected chi connectivity index (χ1v) is 6.44. The summed E-state index contributed by atoms with van der Waals surface area (Å²) in [6, 6.07) is 5.57. The minimum Gasteiger partial charge on any atom is -0.508 e. The van der Waals surface area contributed by atoms with E-state index >= 15 is 0 Å². The molecule has 116 valence electrons. The number of carbonyl (C=O) groups excluding carboxylic acids is 1. The molecule has 0 unspecified atom stereocenters. The Morgan fingerprint density at radius 3 is 2.33 bits per heavy atom. The van der Waals surface area contributed by atoms with Crippen LogP contribution in [0.2, 0.25) is 0 Å². The van der Waals surface area contributed by atoms with E-state index in [-0.39, 0.29) is 5.75 Å². The molecule has 0 saturated carbocycles. The summed E-state index contributed by atoms with van der Waals surface area (Å²) >= 11 is 0. The molecule has 2 rings (SSSR count). The number of rotatable bonds is 3. The van der Waals surface area contributed by atoms with Crippen molar-refractivity contribution in [2.45, 2.75) is 37.6 Å². The number of hydrazine groups is 1. The van der Waals surface area contributed by atoms with Crippen LogP contribution in [0.15, 0.2) is 24.3 Å². The summed E-state index contributed by atoms with van der Waals surface area (Å²) in [6.45, 7) is 1.54. The molecule has 1 fully saturated rings. The molecule has 5 atom stereocenters. The highest BCUT2D eigenvalue weighted by atomic mass is 16.5. The fourth-order valence-electron chi connectivity index (χ4n) is 1.99. The number of benzene rings is 1. The van der Waals surface area contributed by atoms with Gasteiger partial charge in [0.1, 0.15) is 24.1 Å². The van der Waals surface area contributed by atoms with Gasteiger partial charge in [-0.05, 0) is 31.2 Å². The van der Waals surface area contributed by atoms with Gasteiger partial charge >= 0.3 is 0 Å². The van der Waals surface area contributed by atoms with Crippen molar-refractivity contribution in [1.82, 2.24) is 10.9 Å². The van der Waals surface area contributed by atoms with E-state index in [1.54, 1.807) is 0 Å². The first kappa shape index (κ1) is 15.7. The third kappa shape index (κ3) is 3.49. The van der Waals surface area contributed by atoms with E-state index in [9.17, 15) is 20.1 Å². The first-order chi connectivity index (χ1) is 9.90. The second kappa shape index (κ2) is 6.37. The lowest BCUT2D eigenvalue weighted by Gasteiger charge is -2.39. The van der Waals surface area contributed by atoms with Crippen LogP contribution >= 0.6 is 0 Å². The van der Waals surface area contributed by atoms with Gasteiger partial charge in [0.2, 0.25) is 0 Å². The molecule has 0 bridgehead atoms. The third-order valence-electron chi connectivity index (χ3n) is 3.31. The minimum absolute atomic E-state index is 0.0384. The van der Waals surface area contributed by atoms with Gasteiger partial charge in [-0.25, -0.2) is 5.43 Å². The number of ether oxygens (including phenoxy) is 1. The smallest absolute Gasteiger partial charge is 0.265 e. The van der Waals surface area contributed by atoms with Gasteiger partial charge in [-0.15, -0.1) is 0 Å². The predicted molar refractivity (Wildman–Crippen MR) is 71.1 cm³/mol. The Hall–Kier alpha value is -1.71. The van der Waals surface area contributed by atoms with Crippen molar-refractivity contribution in [1.29, 1.82) is 0 Å². The van der Waals surface area contributed by atoms with Crippen molar-refractivity contribution in [3.8, 4) is 5.75 Å². The number of hydrogen-bond donors (Lipinski definition) is 6. The molecule has 0 aliphatic carbocycles. The molecule has 1 aliphatic heterocycles. The average molecular weight is 298 g/mol. The summed E-state index contributed by atoms with van der Waals surface area (Å²) in [5.74, 6) is -0.462. The van der Waals surface area contributed by atoms with E-state index in [1.165, 1.54) is 31.2 Å². The Balaban J connectivity index is 1.93. The third-order valence-corrected chi connectivity index (χ3v) is 3.31. The van der Waals surface area contributed by atoms with Crippen molar-refractivity contribution in [3.63, 3.8) is 0 Å². The van der Waals surface area contributed by atoms with Crippen LogP contribution in [0.25, 0.3) is 0 Å². The number of phenols is 1. The number of amides is 1. The molecule has 8 heteroatoms. The Kier molecular flexibility index (Phi) is 4.76. The van der Waals surface area contributed by atoms with E-state index in [4.69, 9.17) is 9.84 Å². The van der Waals surface area contributed by atoms with E-state index in [0.717, 1.165) is 0 Å². The van der Waals surface area contributed by atoms with Crippen LogP contribution in [-0.2, 0) is 4.74 Å². The largest absolute Gasteiger partial charge is 0.508 e. The Morgan fingerprint density at radius 1 is 1.10 bits per heavy atom. The number of aliphatic hydroxyl groups excluding tert-OH is 3. The highest BCUT2D eigenvalue weighted by Gasteiger charge is 2.41. The number of aromatic hydroxyl groups is 1. The van der Waals surface area contributed by atoms with Crippen LogP contribution in [0.5, 0.6) is 5.75 Å². The number of carbonyl (C=O) groups is 1. The van der Waals surface area contributed by atoms with Crippen molar-refractivity contribution in [3.05, 3.63) is 29.8 Å². The summed E-state index contributed by atoms with van der Waals surface area (Å²) in [4.78, 5) is 11.8. The van der Waals surface area contributed by atoms with Crippen molar-refractivity contribution >= 4 is 5.91 Å². The maximum Gasteiger partial charge on any atom is 0.265 e. The fraction of sp³-hybridized carbons (Fsp3) is 0.462. The van der Waals surface area contributed by atoms with Crippen LogP contribution in [0.1, 0.15) is 17.3 Å². The minimum atomic E-state index is -1.39. The van der Waals surface area contributed by atoms with Gasteiger partial charge in [0.15, 0.2) is 6.23 Å². The predicted octanol–water partition coefficient (Wildman–Crippen LogP) is -1.55. The standard InChI is InChI=1S/C13H18N2O6/c1-6-9(17)10(18)11(19)13(21-6)15-14-12(20)7-2-4-8(16)5-3-7/h2-6,9-11,13,15-19H,1H3,(H,14,20)/t6-,9-,10+,11+,13-/m0/s1. The van der Waals surface area contributed by atoms with Gasteiger partial charge in [0, 0.05) is 5.56 Å². The van der Waals surface area contributed by atoms with Crippen molar-refractivity contribution in [2.24, 2.45) is 0 Å². The fourth-order valence-corrected chi connectivity index (χ4v) is 1.99. The van der Waals surface area contributed by atoms with E-state index in [0.29, 0.717) is 5.56 Å². The molecule has 1 heterocycles. The van der Waals surface area contributed by atoms with Gasteiger partial charge in [0.25, 0.3) is 5.91 Å². The Bertz CT molecular complexity index is 494. The molecule has 21 heavy (non-hydrogen) atoms. The number of aliphatic hydroxyl groups is 3. The van der Waals surface area contributed by atoms with E-state index in [1.807, 2.05) is 0 Å². The summed E-state index contributed by atoms with van der Waals surface area (Å²) in [6.07, 6.45) is -5.73. The van der Waals surface area contributed by atoms with Gasteiger partial charge in [-0.1, -0.05) is 0 Å². The zero-order valence-corrected chi connectivity index (χ0v) is 11.3. The van der Waals surface area contributed by atoms with Crippen LogP contribution in [0.3, 0.4) is 0 Å². The molecule has 0 radical (unpaired) electrons. The monoisotopic (exact) mass is 298 g/mol. The molecule has 0 spiro atoms. The lowest BCUT2D eigenvalue weighted by Crippen LogP contribution is -2.63. The molecule has 8 nitrogen and oxygen atoms in total. The van der Waals surface area contributed by atoms with Crippen molar-refractivity contribution in [2.75, 3.05) is 0 Å². The topological polar surface area (TPSA) is 131 Å². The average Bonchev–Trinajstić information content (AvgIpc) is 2.48. The highest BCUT2D eigenvalue weighted by molar-refractivity contribution is 5.93. The number of nitrogens with one attached hydrogen (secondary N) is 2. The van der Waals surface area contributed by atoms with Crippen LogP contribution in [-0.4, -0.2) is 57.0 Å². The zero-order chi connectivity index (χ0) is 15.6. The summed E-state index contributed by atoms with van der Waals surface area (Å²) in [5.41, 5.74) is 5.08. The molecular weight excluding hydrogens is 280 g/mol. The lowest BCUT2D eigenvalue weighted by molar-refractivity contribution is -0.226. The highest BCUT2D eigenvalue weighted by Crippen LogP contribution is 2.19. The van der Waals surface area contributed by atoms with Gasteiger partial charge < -0.3 is 25.2 Å². The SMILES string of the molecule is C[C@@H]1O[C@H](NNC(=O)c2ccc(O)cc2)[C@H](O)[C@H](O)[C@H]1O. The molecular formula is C13H18N2O6. The maximum absolute atomic E-state index is 11.8. The molecule has 1 saturated heterocycles. The van der Waals surface area contributed by atoms with E-state index < -0.39 is 36.6 Å².